The molecule has 0 spiro atoms. The van der Waals surface area contributed by atoms with Crippen LogP contribution in [0.5, 0.6) is 0 Å². The van der Waals surface area contributed by atoms with Gasteiger partial charge in [-0.2, -0.15) is 0 Å². The highest BCUT2D eigenvalue weighted by atomic mass is 16.4. The summed E-state index contributed by atoms with van der Waals surface area (Å²) in [5.74, 6) is 0. The quantitative estimate of drug-likeness (QED) is 0.421. The van der Waals surface area contributed by atoms with Crippen molar-refractivity contribution in [1.29, 1.82) is 0 Å². The Balaban J connectivity index is 1.32. The summed E-state index contributed by atoms with van der Waals surface area (Å²) in [6.07, 6.45) is 0. The Kier molecular flexibility index (Phi) is 5.88. The van der Waals surface area contributed by atoms with Gasteiger partial charge in [-0.15, -0.1) is 0 Å². The summed E-state index contributed by atoms with van der Waals surface area (Å²) in [7, 11) is 0. The second-order valence-electron chi connectivity index (χ2n) is 9.60. The molecule has 1 aliphatic rings. The van der Waals surface area contributed by atoms with Crippen LogP contribution in [-0.4, -0.2) is 36.0 Å². The SMILES string of the molecule is Cc1cc2oc(=O)cc(CN3CCN(Cc4cc(=O)oc5cc(C)c(C)cc45)CC3)c2cc1C. The van der Waals surface area contributed by atoms with Crippen molar-refractivity contribution in [1.82, 2.24) is 9.80 Å². The lowest BCUT2D eigenvalue weighted by molar-refractivity contribution is 0.122. The fourth-order valence-electron chi connectivity index (χ4n) is 4.81. The maximum absolute atomic E-state index is 12.2. The van der Waals surface area contributed by atoms with Crippen LogP contribution in [0.3, 0.4) is 0 Å². The van der Waals surface area contributed by atoms with Gasteiger partial charge in [-0.25, -0.2) is 9.59 Å². The van der Waals surface area contributed by atoms with Crippen molar-refractivity contribution in [3.05, 3.63) is 90.6 Å². The van der Waals surface area contributed by atoms with Crippen molar-refractivity contribution in [3.8, 4) is 0 Å². The third-order valence-electron chi connectivity index (χ3n) is 7.14. The first-order valence-corrected chi connectivity index (χ1v) is 11.8. The molecule has 1 saturated heterocycles. The Labute approximate surface area is 198 Å². The van der Waals surface area contributed by atoms with Crippen LogP contribution < -0.4 is 11.3 Å². The first kappa shape index (κ1) is 22.6. The van der Waals surface area contributed by atoms with Gasteiger partial charge in [0.15, 0.2) is 0 Å². The normalized spacial score (nSPS) is 15.4. The summed E-state index contributed by atoms with van der Waals surface area (Å²) in [6, 6.07) is 11.4. The van der Waals surface area contributed by atoms with E-state index in [0.717, 1.165) is 72.3 Å². The molecule has 0 unspecified atom stereocenters. The molecule has 0 N–H and O–H groups in total. The van der Waals surface area contributed by atoms with E-state index in [2.05, 4.69) is 35.8 Å². The molecule has 4 aromatic rings. The number of benzene rings is 2. The van der Waals surface area contributed by atoms with Gasteiger partial charge in [0.05, 0.1) is 0 Å². The molecule has 5 rings (SSSR count). The highest BCUT2D eigenvalue weighted by Crippen LogP contribution is 2.25. The zero-order valence-corrected chi connectivity index (χ0v) is 20.2. The van der Waals surface area contributed by atoms with Gasteiger partial charge in [0.25, 0.3) is 0 Å². The first-order chi connectivity index (χ1) is 16.3. The van der Waals surface area contributed by atoms with Crippen molar-refractivity contribution in [3.63, 3.8) is 0 Å². The van der Waals surface area contributed by atoms with Gasteiger partial charge in [-0.1, -0.05) is 0 Å². The van der Waals surface area contributed by atoms with E-state index in [9.17, 15) is 9.59 Å². The first-order valence-electron chi connectivity index (χ1n) is 11.8. The Hall–Kier alpha value is -3.22. The Morgan fingerprint density at radius 3 is 1.32 bits per heavy atom. The number of fused-ring (bicyclic) bond motifs is 2. The van der Waals surface area contributed by atoms with Crippen LogP contribution in [0, 0.1) is 27.7 Å². The smallest absolute Gasteiger partial charge is 0.336 e. The number of rotatable bonds is 4. The predicted octanol–water partition coefficient (Wildman–Crippen LogP) is 4.45. The largest absolute Gasteiger partial charge is 0.423 e. The predicted molar refractivity (Wildman–Crippen MR) is 134 cm³/mol. The molecule has 3 heterocycles. The third-order valence-corrected chi connectivity index (χ3v) is 7.14. The van der Waals surface area contributed by atoms with Crippen molar-refractivity contribution in [2.24, 2.45) is 0 Å². The van der Waals surface area contributed by atoms with Crippen LogP contribution in [0.15, 0.2) is 54.8 Å². The zero-order chi connectivity index (χ0) is 24.0. The number of piperazine rings is 1. The Morgan fingerprint density at radius 2 is 0.941 bits per heavy atom. The lowest BCUT2D eigenvalue weighted by Crippen LogP contribution is -2.45. The average Bonchev–Trinajstić information content (AvgIpc) is 2.78. The second-order valence-corrected chi connectivity index (χ2v) is 9.60. The molecule has 1 fully saturated rings. The van der Waals surface area contributed by atoms with Crippen LogP contribution in [-0.2, 0) is 13.1 Å². The van der Waals surface area contributed by atoms with Crippen LogP contribution >= 0.6 is 0 Å². The van der Waals surface area contributed by atoms with Crippen molar-refractivity contribution < 1.29 is 8.83 Å². The summed E-state index contributed by atoms with van der Waals surface area (Å²) < 4.78 is 10.9. The van der Waals surface area contributed by atoms with Crippen LogP contribution in [0.2, 0.25) is 0 Å². The van der Waals surface area contributed by atoms with Crippen molar-refractivity contribution in [2.45, 2.75) is 40.8 Å². The van der Waals surface area contributed by atoms with Crippen molar-refractivity contribution in [2.75, 3.05) is 26.2 Å². The molecule has 0 aliphatic carbocycles. The summed E-state index contributed by atoms with van der Waals surface area (Å²) in [5, 5.41) is 2.02. The topological polar surface area (TPSA) is 66.9 Å². The number of hydrogen-bond acceptors (Lipinski definition) is 6. The van der Waals surface area contributed by atoms with Gasteiger partial charge < -0.3 is 8.83 Å². The van der Waals surface area contributed by atoms with E-state index in [1.54, 1.807) is 12.1 Å². The molecule has 176 valence electrons. The van der Waals surface area contributed by atoms with E-state index in [1.807, 2.05) is 26.0 Å². The number of nitrogens with zero attached hydrogens (tertiary/aromatic N) is 2. The van der Waals surface area contributed by atoms with Crippen molar-refractivity contribution >= 4 is 21.9 Å². The fourth-order valence-corrected chi connectivity index (χ4v) is 4.81. The van der Waals surface area contributed by atoms with Gasteiger partial charge in [0.1, 0.15) is 11.2 Å². The molecule has 0 atom stereocenters. The van der Waals surface area contributed by atoms with E-state index in [-0.39, 0.29) is 11.3 Å². The molecular weight excluding hydrogens is 428 g/mol. The minimum Gasteiger partial charge on any atom is -0.423 e. The molecule has 2 aromatic heterocycles. The molecule has 0 saturated carbocycles. The summed E-state index contributed by atoms with van der Waals surface area (Å²) in [4.78, 5) is 29.1. The van der Waals surface area contributed by atoms with Gasteiger partial charge >= 0.3 is 11.3 Å². The lowest BCUT2D eigenvalue weighted by Gasteiger charge is -2.35. The van der Waals surface area contributed by atoms with Gasteiger partial charge in [0, 0.05) is 62.2 Å². The van der Waals surface area contributed by atoms with E-state index < -0.39 is 0 Å². The maximum atomic E-state index is 12.2. The van der Waals surface area contributed by atoms with Gasteiger partial charge in [0.2, 0.25) is 0 Å². The lowest BCUT2D eigenvalue weighted by atomic mass is 10.0. The summed E-state index contributed by atoms with van der Waals surface area (Å²) in [5.41, 5.74) is 7.36. The summed E-state index contributed by atoms with van der Waals surface area (Å²) in [6.45, 7) is 13.2. The molecule has 2 aromatic carbocycles. The maximum Gasteiger partial charge on any atom is 0.336 e. The highest BCUT2D eigenvalue weighted by Gasteiger charge is 2.20. The zero-order valence-electron chi connectivity index (χ0n) is 20.2. The molecule has 0 bridgehead atoms. The molecule has 6 nitrogen and oxygen atoms in total. The molecule has 0 amide bonds. The van der Waals surface area contributed by atoms with E-state index in [4.69, 9.17) is 8.83 Å². The van der Waals surface area contributed by atoms with Crippen LogP contribution in [0.25, 0.3) is 21.9 Å². The van der Waals surface area contributed by atoms with Gasteiger partial charge in [-0.3, -0.25) is 9.80 Å². The van der Waals surface area contributed by atoms with Crippen LogP contribution in [0.1, 0.15) is 33.4 Å². The molecule has 1 aliphatic heterocycles. The number of hydrogen-bond donors (Lipinski definition) is 0. The standard InChI is InChI=1S/C28H30N2O4/c1-17-9-23-21(13-27(31)33-25(23)11-19(17)3)15-29-5-7-30(8-6-29)16-22-14-28(32)34-26-12-20(4)18(2)10-24(22)26/h9-14H,5-8,15-16H2,1-4H3. The monoisotopic (exact) mass is 458 g/mol. The average molecular weight is 459 g/mol. The van der Waals surface area contributed by atoms with Crippen LogP contribution in [0.4, 0.5) is 0 Å². The highest BCUT2D eigenvalue weighted by molar-refractivity contribution is 5.82. The molecule has 34 heavy (non-hydrogen) atoms. The third kappa shape index (κ3) is 4.43. The second kappa shape index (κ2) is 8.85. The Morgan fingerprint density at radius 1 is 0.588 bits per heavy atom. The summed E-state index contributed by atoms with van der Waals surface area (Å²) >= 11 is 0. The minimum atomic E-state index is -0.301. The minimum absolute atomic E-state index is 0.301. The number of aryl methyl sites for hydroxylation is 4. The fraction of sp³-hybridized carbons (Fsp3) is 0.357. The van der Waals surface area contributed by atoms with E-state index in [1.165, 1.54) is 11.1 Å². The Bertz CT molecular complexity index is 1390. The molecular formula is C28H30N2O4. The molecule has 0 radical (unpaired) electrons. The van der Waals surface area contributed by atoms with E-state index in [0.29, 0.717) is 11.2 Å². The molecule has 6 heteroatoms. The van der Waals surface area contributed by atoms with E-state index >= 15 is 0 Å². The van der Waals surface area contributed by atoms with Gasteiger partial charge in [-0.05, 0) is 85.3 Å².